The number of Topliss-reactive ketones (excluding diaryl/α,β-unsaturated/α-hetero) is 1. The summed E-state index contributed by atoms with van der Waals surface area (Å²) in [5.41, 5.74) is 2.32. The number of unbranched alkanes of at least 4 members (excludes halogenated alkanes) is 3. The van der Waals surface area contributed by atoms with E-state index in [-0.39, 0.29) is 5.78 Å². The summed E-state index contributed by atoms with van der Waals surface area (Å²) in [5.74, 6) is 0.182. The number of ketones is 1. The molecule has 0 aliphatic carbocycles. The molecule has 0 aliphatic rings. The van der Waals surface area contributed by atoms with Crippen molar-refractivity contribution in [3.63, 3.8) is 0 Å². The zero-order valence-corrected chi connectivity index (χ0v) is 11.9. The molecule has 20 heavy (non-hydrogen) atoms. The van der Waals surface area contributed by atoms with Crippen molar-refractivity contribution in [2.75, 3.05) is 0 Å². The van der Waals surface area contributed by atoms with Crippen LogP contribution in [0.5, 0.6) is 0 Å². The predicted molar refractivity (Wildman–Crippen MR) is 80.6 cm³/mol. The Bertz CT molecular complexity index is 535. The molecule has 2 heterocycles. The molecule has 104 valence electrons. The molecule has 0 bridgehead atoms. The number of hydrogen-bond acceptors (Lipinski definition) is 3. The van der Waals surface area contributed by atoms with E-state index in [1.54, 1.807) is 12.4 Å². The lowest BCUT2D eigenvalue weighted by Gasteiger charge is -2.03. The summed E-state index contributed by atoms with van der Waals surface area (Å²) in [7, 11) is 0. The number of nitrogens with zero attached hydrogens (tertiary/aromatic N) is 2. The summed E-state index contributed by atoms with van der Waals surface area (Å²) < 4.78 is 0. The second kappa shape index (κ2) is 7.53. The van der Waals surface area contributed by atoms with Crippen LogP contribution in [0.15, 0.2) is 42.7 Å². The van der Waals surface area contributed by atoms with Gasteiger partial charge in [0.25, 0.3) is 0 Å². The summed E-state index contributed by atoms with van der Waals surface area (Å²) in [6.45, 7) is 2.17. The van der Waals surface area contributed by atoms with E-state index in [9.17, 15) is 4.79 Å². The molecular weight excluding hydrogens is 248 g/mol. The van der Waals surface area contributed by atoms with Gasteiger partial charge in [-0.1, -0.05) is 32.3 Å². The van der Waals surface area contributed by atoms with Crippen LogP contribution in [0.3, 0.4) is 0 Å². The highest BCUT2D eigenvalue weighted by Gasteiger charge is 2.07. The highest BCUT2D eigenvalue weighted by molar-refractivity contribution is 5.95. The third kappa shape index (κ3) is 3.98. The maximum Gasteiger partial charge on any atom is 0.164 e. The summed E-state index contributed by atoms with van der Waals surface area (Å²) >= 11 is 0. The molecule has 0 aliphatic heterocycles. The number of hydrogen-bond donors (Lipinski definition) is 0. The van der Waals surface area contributed by atoms with Crippen LogP contribution < -0.4 is 0 Å². The van der Waals surface area contributed by atoms with Crippen molar-refractivity contribution in [2.24, 2.45) is 0 Å². The predicted octanol–water partition coefficient (Wildman–Crippen LogP) is 4.30. The van der Waals surface area contributed by atoms with E-state index < -0.39 is 0 Å². The Morgan fingerprint density at radius 2 is 1.85 bits per heavy atom. The SMILES string of the molecule is CCCCCCC(=O)c1ccc(-c2ccccn2)nc1. The van der Waals surface area contributed by atoms with Gasteiger partial charge in [0.15, 0.2) is 5.78 Å². The van der Waals surface area contributed by atoms with E-state index in [2.05, 4.69) is 16.9 Å². The molecule has 0 amide bonds. The lowest BCUT2D eigenvalue weighted by Crippen LogP contribution is -2.00. The van der Waals surface area contributed by atoms with Crippen LogP contribution in [-0.4, -0.2) is 15.8 Å². The highest BCUT2D eigenvalue weighted by Crippen LogP contribution is 2.15. The lowest BCUT2D eigenvalue weighted by atomic mass is 10.1. The van der Waals surface area contributed by atoms with Crippen LogP contribution in [0, 0.1) is 0 Å². The van der Waals surface area contributed by atoms with Gasteiger partial charge in [0.1, 0.15) is 0 Å². The maximum atomic E-state index is 12.0. The lowest BCUT2D eigenvalue weighted by molar-refractivity contribution is 0.0979. The fourth-order valence-electron chi connectivity index (χ4n) is 2.08. The summed E-state index contributed by atoms with van der Waals surface area (Å²) in [6, 6.07) is 9.42. The molecule has 2 aromatic heterocycles. The van der Waals surface area contributed by atoms with Gasteiger partial charge >= 0.3 is 0 Å². The van der Waals surface area contributed by atoms with Crippen LogP contribution >= 0.6 is 0 Å². The quantitative estimate of drug-likeness (QED) is 0.555. The summed E-state index contributed by atoms with van der Waals surface area (Å²) in [5, 5.41) is 0. The first-order valence-electron chi connectivity index (χ1n) is 7.22. The average Bonchev–Trinajstić information content (AvgIpc) is 2.52. The number of pyridine rings is 2. The van der Waals surface area contributed by atoms with Crippen LogP contribution in [0.4, 0.5) is 0 Å². The normalized spacial score (nSPS) is 10.4. The summed E-state index contributed by atoms with van der Waals surface area (Å²) in [4.78, 5) is 20.6. The van der Waals surface area contributed by atoms with Crippen molar-refractivity contribution < 1.29 is 4.79 Å². The van der Waals surface area contributed by atoms with Crippen molar-refractivity contribution >= 4 is 5.78 Å². The number of carbonyl (C=O) groups is 1. The van der Waals surface area contributed by atoms with Crippen LogP contribution in [-0.2, 0) is 0 Å². The van der Waals surface area contributed by atoms with Crippen molar-refractivity contribution in [3.8, 4) is 11.4 Å². The van der Waals surface area contributed by atoms with E-state index in [4.69, 9.17) is 0 Å². The van der Waals surface area contributed by atoms with E-state index in [0.29, 0.717) is 12.0 Å². The molecule has 3 heteroatoms. The molecule has 0 spiro atoms. The van der Waals surface area contributed by atoms with Gasteiger partial charge in [-0.25, -0.2) is 0 Å². The van der Waals surface area contributed by atoms with Crippen molar-refractivity contribution in [1.82, 2.24) is 9.97 Å². The Morgan fingerprint density at radius 3 is 2.50 bits per heavy atom. The smallest absolute Gasteiger partial charge is 0.164 e. The van der Waals surface area contributed by atoms with Gasteiger partial charge in [0.05, 0.1) is 11.4 Å². The first-order chi connectivity index (χ1) is 9.81. The van der Waals surface area contributed by atoms with E-state index in [0.717, 1.165) is 24.2 Å². The molecule has 2 rings (SSSR count). The van der Waals surface area contributed by atoms with Crippen LogP contribution in [0.2, 0.25) is 0 Å². The van der Waals surface area contributed by atoms with Crippen molar-refractivity contribution in [2.45, 2.75) is 39.0 Å². The zero-order chi connectivity index (χ0) is 14.2. The minimum atomic E-state index is 0.182. The Labute approximate surface area is 120 Å². The van der Waals surface area contributed by atoms with Crippen LogP contribution in [0.1, 0.15) is 49.4 Å². The Hall–Kier alpha value is -2.03. The summed E-state index contributed by atoms with van der Waals surface area (Å²) in [6.07, 6.45) is 8.50. The minimum Gasteiger partial charge on any atom is -0.294 e. The maximum absolute atomic E-state index is 12.0. The minimum absolute atomic E-state index is 0.182. The molecule has 0 unspecified atom stereocenters. The van der Waals surface area contributed by atoms with Crippen molar-refractivity contribution in [1.29, 1.82) is 0 Å². The highest BCUT2D eigenvalue weighted by atomic mass is 16.1. The Balaban J connectivity index is 1.96. The molecular formula is C17H20N2O. The second-order valence-corrected chi connectivity index (χ2v) is 4.88. The van der Waals surface area contributed by atoms with E-state index in [1.807, 2.05) is 30.3 Å². The monoisotopic (exact) mass is 268 g/mol. The van der Waals surface area contributed by atoms with Crippen LogP contribution in [0.25, 0.3) is 11.4 Å². The van der Waals surface area contributed by atoms with Gasteiger partial charge in [-0.2, -0.15) is 0 Å². The fourth-order valence-corrected chi connectivity index (χ4v) is 2.08. The third-order valence-electron chi connectivity index (χ3n) is 3.27. The molecule has 0 saturated carbocycles. The van der Waals surface area contributed by atoms with Gasteiger partial charge < -0.3 is 0 Å². The van der Waals surface area contributed by atoms with Gasteiger partial charge in [0.2, 0.25) is 0 Å². The first kappa shape index (κ1) is 14.4. The largest absolute Gasteiger partial charge is 0.294 e. The van der Waals surface area contributed by atoms with Crippen molar-refractivity contribution in [3.05, 3.63) is 48.3 Å². The third-order valence-corrected chi connectivity index (χ3v) is 3.27. The average molecular weight is 268 g/mol. The molecule has 0 radical (unpaired) electrons. The van der Waals surface area contributed by atoms with Gasteiger partial charge in [0, 0.05) is 24.4 Å². The number of rotatable bonds is 7. The molecule has 0 saturated heterocycles. The molecule has 0 fully saturated rings. The molecule has 0 aromatic carbocycles. The van der Waals surface area contributed by atoms with Gasteiger partial charge in [-0.15, -0.1) is 0 Å². The van der Waals surface area contributed by atoms with Gasteiger partial charge in [-0.3, -0.25) is 14.8 Å². The fraction of sp³-hybridized carbons (Fsp3) is 0.353. The standard InChI is InChI=1S/C17H20N2O/c1-2-3-4-5-9-17(20)14-10-11-16(19-13-14)15-8-6-7-12-18-15/h6-8,10-13H,2-5,9H2,1H3. The Kier molecular flexibility index (Phi) is 5.42. The topological polar surface area (TPSA) is 42.9 Å². The number of aromatic nitrogens is 2. The molecule has 0 atom stereocenters. The molecule has 0 N–H and O–H groups in total. The molecule has 2 aromatic rings. The van der Waals surface area contributed by atoms with Gasteiger partial charge in [-0.05, 0) is 30.7 Å². The van der Waals surface area contributed by atoms with E-state index in [1.165, 1.54) is 12.8 Å². The zero-order valence-electron chi connectivity index (χ0n) is 11.9. The Morgan fingerprint density at radius 1 is 1.00 bits per heavy atom. The second-order valence-electron chi connectivity index (χ2n) is 4.88. The first-order valence-corrected chi connectivity index (χ1v) is 7.22. The van der Waals surface area contributed by atoms with E-state index >= 15 is 0 Å². The molecule has 3 nitrogen and oxygen atoms in total. The number of carbonyl (C=O) groups excluding carboxylic acids is 1.